The molecule has 2 aromatic rings. The Hall–Kier alpha value is -1.49. The molecule has 4 aliphatic carbocycles. The lowest BCUT2D eigenvalue weighted by Gasteiger charge is -2.56. The van der Waals surface area contributed by atoms with E-state index in [2.05, 4.69) is 15.3 Å². The number of nitrogens with zero attached hydrogens (tertiary/aromatic N) is 1. The van der Waals surface area contributed by atoms with Gasteiger partial charge in [-0.3, -0.25) is 4.79 Å². The van der Waals surface area contributed by atoms with E-state index in [1.807, 2.05) is 24.3 Å². The van der Waals surface area contributed by atoms with Gasteiger partial charge in [0.05, 0.1) is 16.8 Å². The fraction of sp³-hybridized carbons (Fsp3) is 0.579. The minimum absolute atomic E-state index is 0.111. The zero-order valence-electron chi connectivity index (χ0n) is 13.8. The number of amides is 1. The quantitative estimate of drug-likeness (QED) is 0.833. The zero-order chi connectivity index (χ0) is 16.1. The average molecular weight is 341 g/mol. The highest BCUT2D eigenvalue weighted by molar-refractivity contribution is 7.99. The summed E-state index contributed by atoms with van der Waals surface area (Å²) in [6.07, 6.45) is 7.84. The lowest BCUT2D eigenvalue weighted by molar-refractivity contribution is -0.124. The Morgan fingerprint density at radius 2 is 1.83 bits per heavy atom. The Morgan fingerprint density at radius 3 is 2.50 bits per heavy atom. The highest BCUT2D eigenvalue weighted by Crippen LogP contribution is 2.55. The number of hydrogen-bond acceptors (Lipinski definition) is 3. The lowest BCUT2D eigenvalue weighted by atomic mass is 9.53. The van der Waals surface area contributed by atoms with Gasteiger partial charge in [-0.1, -0.05) is 23.9 Å². The summed E-state index contributed by atoms with van der Waals surface area (Å²) in [6, 6.07) is 7.99. The van der Waals surface area contributed by atoms with Crippen LogP contribution in [0, 0.1) is 17.8 Å². The maximum absolute atomic E-state index is 12.5. The second kappa shape index (κ2) is 5.51. The number of benzene rings is 1. The number of carbonyl (C=O) groups excluding carboxylic acids is 1. The third kappa shape index (κ3) is 2.63. The maximum atomic E-state index is 12.5. The predicted molar refractivity (Wildman–Crippen MR) is 95.9 cm³/mol. The van der Waals surface area contributed by atoms with Crippen molar-refractivity contribution in [3.8, 4) is 0 Å². The molecule has 0 aliphatic heterocycles. The molecule has 0 radical (unpaired) electrons. The molecule has 1 amide bonds. The van der Waals surface area contributed by atoms with E-state index in [1.54, 1.807) is 0 Å². The Morgan fingerprint density at radius 1 is 1.17 bits per heavy atom. The SMILES string of the molecule is O=C(CSc1nc2ccccc2[nH]1)NC12CC3CC(CC(C3)C1)C2. The molecule has 4 saturated carbocycles. The number of hydrogen-bond donors (Lipinski definition) is 2. The molecule has 6 rings (SSSR count). The third-order valence-electron chi connectivity index (χ3n) is 6.15. The third-order valence-corrected chi connectivity index (χ3v) is 7.02. The summed E-state index contributed by atoms with van der Waals surface area (Å²) in [6.45, 7) is 0. The molecule has 4 fully saturated rings. The molecule has 1 aromatic carbocycles. The number of aromatic nitrogens is 2. The number of nitrogens with one attached hydrogen (secondary N) is 2. The first-order chi connectivity index (χ1) is 11.7. The summed E-state index contributed by atoms with van der Waals surface area (Å²) in [5.74, 6) is 3.20. The van der Waals surface area contributed by atoms with Crippen LogP contribution in [0.1, 0.15) is 38.5 Å². The van der Waals surface area contributed by atoms with Gasteiger partial charge in [-0.15, -0.1) is 0 Å². The van der Waals surface area contributed by atoms with E-state index in [-0.39, 0.29) is 11.4 Å². The Labute approximate surface area is 146 Å². The smallest absolute Gasteiger partial charge is 0.230 e. The van der Waals surface area contributed by atoms with Crippen molar-refractivity contribution in [3.05, 3.63) is 24.3 Å². The topological polar surface area (TPSA) is 57.8 Å². The van der Waals surface area contributed by atoms with Crippen LogP contribution in [0.5, 0.6) is 0 Å². The van der Waals surface area contributed by atoms with Gasteiger partial charge in [0.15, 0.2) is 5.16 Å². The minimum atomic E-state index is 0.111. The average Bonchev–Trinajstić information content (AvgIpc) is 2.94. The molecule has 1 aromatic heterocycles. The van der Waals surface area contributed by atoms with Crippen LogP contribution in [-0.4, -0.2) is 27.2 Å². The number of para-hydroxylation sites is 2. The van der Waals surface area contributed by atoms with Crippen LogP contribution in [0.25, 0.3) is 11.0 Å². The molecule has 5 heteroatoms. The molecule has 0 spiro atoms. The minimum Gasteiger partial charge on any atom is -0.350 e. The number of H-pyrrole nitrogens is 1. The van der Waals surface area contributed by atoms with Crippen molar-refractivity contribution in [2.75, 3.05) is 5.75 Å². The lowest BCUT2D eigenvalue weighted by Crippen LogP contribution is -2.60. The largest absolute Gasteiger partial charge is 0.350 e. The second-order valence-corrected chi connectivity index (χ2v) is 9.06. The van der Waals surface area contributed by atoms with Crippen molar-refractivity contribution < 1.29 is 4.79 Å². The first-order valence-corrected chi connectivity index (χ1v) is 10.0. The van der Waals surface area contributed by atoms with Crippen LogP contribution in [0.4, 0.5) is 0 Å². The first-order valence-electron chi connectivity index (χ1n) is 9.06. The highest BCUT2D eigenvalue weighted by atomic mass is 32.2. The number of imidazole rings is 1. The Kier molecular flexibility index (Phi) is 3.40. The summed E-state index contributed by atoms with van der Waals surface area (Å²) >= 11 is 1.50. The molecule has 4 nitrogen and oxygen atoms in total. The predicted octanol–water partition coefficient (Wildman–Crippen LogP) is 3.74. The normalized spacial score (nSPS) is 33.9. The number of fused-ring (bicyclic) bond motifs is 1. The fourth-order valence-corrected chi connectivity index (χ4v) is 6.41. The van der Waals surface area contributed by atoms with Gasteiger partial charge in [0, 0.05) is 5.54 Å². The number of rotatable bonds is 4. The molecule has 0 atom stereocenters. The summed E-state index contributed by atoms with van der Waals surface area (Å²) in [5.41, 5.74) is 2.10. The molecule has 1 heterocycles. The molecule has 4 bridgehead atoms. The van der Waals surface area contributed by atoms with Gasteiger partial charge in [-0.2, -0.15) is 0 Å². The van der Waals surface area contributed by atoms with Crippen molar-refractivity contribution in [1.29, 1.82) is 0 Å². The molecule has 2 N–H and O–H groups in total. The summed E-state index contributed by atoms with van der Waals surface area (Å²) in [4.78, 5) is 20.4. The van der Waals surface area contributed by atoms with Crippen LogP contribution in [0.15, 0.2) is 29.4 Å². The molecule has 126 valence electrons. The van der Waals surface area contributed by atoms with Crippen molar-refractivity contribution in [2.24, 2.45) is 17.8 Å². The van der Waals surface area contributed by atoms with Gasteiger partial charge < -0.3 is 10.3 Å². The summed E-state index contributed by atoms with van der Waals surface area (Å²) in [7, 11) is 0. The van der Waals surface area contributed by atoms with Crippen LogP contribution >= 0.6 is 11.8 Å². The van der Waals surface area contributed by atoms with Gasteiger partial charge in [0.25, 0.3) is 0 Å². The number of aromatic amines is 1. The molecular weight excluding hydrogens is 318 g/mol. The van der Waals surface area contributed by atoms with Gasteiger partial charge in [0.2, 0.25) is 5.91 Å². The van der Waals surface area contributed by atoms with E-state index in [1.165, 1.54) is 50.3 Å². The monoisotopic (exact) mass is 341 g/mol. The summed E-state index contributed by atoms with van der Waals surface area (Å²) in [5, 5.41) is 4.26. The van der Waals surface area contributed by atoms with Gasteiger partial charge in [-0.25, -0.2) is 4.98 Å². The maximum Gasteiger partial charge on any atom is 0.230 e. The van der Waals surface area contributed by atoms with E-state index in [9.17, 15) is 4.79 Å². The fourth-order valence-electron chi connectivity index (χ4n) is 5.73. The van der Waals surface area contributed by atoms with Crippen LogP contribution in [0.3, 0.4) is 0 Å². The molecule has 24 heavy (non-hydrogen) atoms. The van der Waals surface area contributed by atoms with E-state index >= 15 is 0 Å². The van der Waals surface area contributed by atoms with Crippen LogP contribution in [-0.2, 0) is 4.79 Å². The molecule has 4 aliphatic rings. The van der Waals surface area contributed by atoms with E-state index in [0.717, 1.165) is 33.9 Å². The van der Waals surface area contributed by atoms with Gasteiger partial charge >= 0.3 is 0 Å². The Bertz CT molecular complexity index is 715. The number of thioether (sulfide) groups is 1. The standard InChI is InChI=1S/C19H23N3OS/c23-17(11-24-18-20-15-3-1-2-4-16(15)21-18)22-19-8-12-5-13(9-19)7-14(6-12)10-19/h1-4,12-14H,5-11H2,(H,20,21)(H,22,23). The van der Waals surface area contributed by atoms with Crippen LogP contribution in [0.2, 0.25) is 0 Å². The Balaban J connectivity index is 1.23. The zero-order valence-corrected chi connectivity index (χ0v) is 14.6. The van der Waals surface area contributed by atoms with E-state index in [4.69, 9.17) is 0 Å². The second-order valence-electron chi connectivity index (χ2n) is 8.09. The van der Waals surface area contributed by atoms with Crippen molar-refractivity contribution >= 4 is 28.7 Å². The van der Waals surface area contributed by atoms with E-state index in [0.29, 0.717) is 5.75 Å². The first kappa shape index (κ1) is 14.8. The van der Waals surface area contributed by atoms with E-state index < -0.39 is 0 Å². The van der Waals surface area contributed by atoms with Gasteiger partial charge in [0.1, 0.15) is 0 Å². The molecule has 0 saturated heterocycles. The van der Waals surface area contributed by atoms with Crippen molar-refractivity contribution in [1.82, 2.24) is 15.3 Å². The highest BCUT2D eigenvalue weighted by Gasteiger charge is 2.51. The van der Waals surface area contributed by atoms with Crippen LogP contribution < -0.4 is 5.32 Å². The molecule has 0 unspecified atom stereocenters. The van der Waals surface area contributed by atoms with Crippen molar-refractivity contribution in [2.45, 2.75) is 49.2 Å². The summed E-state index contributed by atoms with van der Waals surface area (Å²) < 4.78 is 0. The van der Waals surface area contributed by atoms with Crippen molar-refractivity contribution in [3.63, 3.8) is 0 Å². The molecular formula is C19H23N3OS. The van der Waals surface area contributed by atoms with Gasteiger partial charge in [-0.05, 0) is 68.4 Å². The number of carbonyl (C=O) groups is 1.